The third kappa shape index (κ3) is 17.3. The number of esters is 2. The van der Waals surface area contributed by atoms with Crippen LogP contribution in [0.3, 0.4) is 0 Å². The maximum atomic E-state index is 11.2. The fourth-order valence-corrected chi connectivity index (χ4v) is 2.77. The van der Waals surface area contributed by atoms with Gasteiger partial charge >= 0.3 is 11.9 Å². The number of rotatable bonds is 16. The van der Waals surface area contributed by atoms with E-state index in [9.17, 15) is 9.59 Å². The molecule has 0 fully saturated rings. The maximum absolute atomic E-state index is 11.2. The molecule has 0 N–H and O–H groups in total. The Morgan fingerprint density at radius 3 is 2.24 bits per heavy atom. The first kappa shape index (κ1) is 23.7. The standard InChI is InChI=1S/C21H38O4/c1-4-5-6-10-13-16-20(25-19(2)22)17-14-11-8-7-9-12-15-18-21(23)24-3/h14,17,20H,4-13,15-16,18H2,1-3H3. The molecule has 0 heterocycles. The molecule has 0 bridgehead atoms. The number of unbranched alkanes of at least 4 members (excludes halogenated alkanes) is 9. The van der Waals surface area contributed by atoms with E-state index in [1.54, 1.807) is 0 Å². The molecule has 0 spiro atoms. The van der Waals surface area contributed by atoms with Crippen LogP contribution in [0.4, 0.5) is 0 Å². The van der Waals surface area contributed by atoms with Gasteiger partial charge in [0.25, 0.3) is 0 Å². The van der Waals surface area contributed by atoms with Crippen LogP contribution in [-0.4, -0.2) is 25.2 Å². The van der Waals surface area contributed by atoms with Crippen molar-refractivity contribution in [3.63, 3.8) is 0 Å². The summed E-state index contributed by atoms with van der Waals surface area (Å²) >= 11 is 0. The molecule has 0 amide bonds. The molecule has 0 aliphatic heterocycles. The van der Waals surface area contributed by atoms with Crippen molar-refractivity contribution >= 4 is 11.9 Å². The minimum atomic E-state index is -0.200. The van der Waals surface area contributed by atoms with Gasteiger partial charge < -0.3 is 9.47 Å². The van der Waals surface area contributed by atoms with Gasteiger partial charge in [-0.3, -0.25) is 9.59 Å². The predicted molar refractivity (Wildman–Crippen MR) is 102 cm³/mol. The van der Waals surface area contributed by atoms with Crippen molar-refractivity contribution < 1.29 is 19.1 Å². The third-order valence-corrected chi connectivity index (χ3v) is 4.24. The summed E-state index contributed by atoms with van der Waals surface area (Å²) in [6.07, 6.45) is 18.2. The molecule has 0 saturated carbocycles. The van der Waals surface area contributed by atoms with E-state index in [4.69, 9.17) is 4.74 Å². The van der Waals surface area contributed by atoms with Crippen LogP contribution in [-0.2, 0) is 19.1 Å². The van der Waals surface area contributed by atoms with Gasteiger partial charge in [-0.1, -0.05) is 57.9 Å². The fraction of sp³-hybridized carbons (Fsp3) is 0.810. The quantitative estimate of drug-likeness (QED) is 0.201. The summed E-state index contributed by atoms with van der Waals surface area (Å²) in [5, 5.41) is 0. The highest BCUT2D eigenvalue weighted by Crippen LogP contribution is 2.12. The molecular weight excluding hydrogens is 316 g/mol. The summed E-state index contributed by atoms with van der Waals surface area (Å²) in [5.74, 6) is -0.317. The second-order valence-corrected chi connectivity index (χ2v) is 6.66. The van der Waals surface area contributed by atoms with Crippen LogP contribution in [0.15, 0.2) is 12.2 Å². The number of methoxy groups -OCH3 is 1. The summed E-state index contributed by atoms with van der Waals surface area (Å²) in [6, 6.07) is 0. The Kier molecular flexibility index (Phi) is 16.6. The van der Waals surface area contributed by atoms with E-state index in [-0.39, 0.29) is 18.0 Å². The summed E-state index contributed by atoms with van der Waals surface area (Å²) in [7, 11) is 1.43. The highest BCUT2D eigenvalue weighted by molar-refractivity contribution is 5.69. The summed E-state index contributed by atoms with van der Waals surface area (Å²) < 4.78 is 10.0. The van der Waals surface area contributed by atoms with Crippen molar-refractivity contribution in [1.29, 1.82) is 0 Å². The van der Waals surface area contributed by atoms with Crippen molar-refractivity contribution in [2.75, 3.05) is 7.11 Å². The van der Waals surface area contributed by atoms with Crippen LogP contribution in [0.1, 0.15) is 97.3 Å². The first-order valence-electron chi connectivity index (χ1n) is 10.0. The lowest BCUT2D eigenvalue weighted by molar-refractivity contribution is -0.144. The first-order valence-corrected chi connectivity index (χ1v) is 10.0. The molecule has 1 atom stereocenters. The van der Waals surface area contributed by atoms with Gasteiger partial charge in [0.05, 0.1) is 7.11 Å². The van der Waals surface area contributed by atoms with E-state index in [1.807, 2.05) is 0 Å². The molecule has 25 heavy (non-hydrogen) atoms. The van der Waals surface area contributed by atoms with E-state index in [1.165, 1.54) is 46.1 Å². The SMILES string of the molecule is CCCCCCCC(C=CCCCCCCCC(=O)OC)OC(C)=O. The van der Waals surface area contributed by atoms with Crippen LogP contribution in [0.2, 0.25) is 0 Å². The van der Waals surface area contributed by atoms with Crippen LogP contribution in [0.25, 0.3) is 0 Å². The fourth-order valence-electron chi connectivity index (χ4n) is 2.77. The zero-order chi connectivity index (χ0) is 18.8. The molecule has 1 unspecified atom stereocenters. The zero-order valence-corrected chi connectivity index (χ0v) is 16.6. The first-order chi connectivity index (χ1) is 12.1. The minimum Gasteiger partial charge on any atom is -0.469 e. The Balaban J connectivity index is 3.75. The summed E-state index contributed by atoms with van der Waals surface area (Å²) in [5.41, 5.74) is 0. The van der Waals surface area contributed by atoms with E-state index < -0.39 is 0 Å². The van der Waals surface area contributed by atoms with Gasteiger partial charge in [0.2, 0.25) is 0 Å². The molecule has 146 valence electrons. The Labute approximate surface area is 154 Å². The topological polar surface area (TPSA) is 52.6 Å². The van der Waals surface area contributed by atoms with Crippen molar-refractivity contribution in [2.24, 2.45) is 0 Å². The second-order valence-electron chi connectivity index (χ2n) is 6.66. The smallest absolute Gasteiger partial charge is 0.305 e. The lowest BCUT2D eigenvalue weighted by atomic mass is 10.1. The molecule has 0 aliphatic rings. The van der Waals surface area contributed by atoms with E-state index >= 15 is 0 Å². The van der Waals surface area contributed by atoms with Gasteiger partial charge in [-0.25, -0.2) is 0 Å². The second kappa shape index (κ2) is 17.5. The van der Waals surface area contributed by atoms with Gasteiger partial charge in [0.1, 0.15) is 6.10 Å². The van der Waals surface area contributed by atoms with Gasteiger partial charge in [0, 0.05) is 13.3 Å². The van der Waals surface area contributed by atoms with Crippen LogP contribution >= 0.6 is 0 Å². The Hall–Kier alpha value is -1.32. The van der Waals surface area contributed by atoms with Gasteiger partial charge in [-0.15, -0.1) is 0 Å². The molecule has 0 saturated heterocycles. The molecular formula is C21H38O4. The highest BCUT2D eigenvalue weighted by atomic mass is 16.5. The molecule has 0 rings (SSSR count). The number of carbonyl (C=O) groups is 2. The largest absolute Gasteiger partial charge is 0.469 e. The number of carbonyl (C=O) groups excluding carboxylic acids is 2. The molecule has 0 aromatic heterocycles. The van der Waals surface area contributed by atoms with E-state index in [0.717, 1.165) is 44.9 Å². The van der Waals surface area contributed by atoms with Crippen molar-refractivity contribution in [3.8, 4) is 0 Å². The van der Waals surface area contributed by atoms with Crippen molar-refractivity contribution in [3.05, 3.63) is 12.2 Å². The Morgan fingerprint density at radius 2 is 1.56 bits per heavy atom. The maximum Gasteiger partial charge on any atom is 0.305 e. The molecule has 0 aromatic rings. The van der Waals surface area contributed by atoms with Crippen LogP contribution in [0, 0.1) is 0 Å². The summed E-state index contributed by atoms with van der Waals surface area (Å²) in [6.45, 7) is 3.69. The van der Waals surface area contributed by atoms with Gasteiger partial charge in [-0.05, 0) is 38.2 Å². The molecule has 4 heteroatoms. The van der Waals surface area contributed by atoms with Crippen molar-refractivity contribution in [1.82, 2.24) is 0 Å². The van der Waals surface area contributed by atoms with Gasteiger partial charge in [-0.2, -0.15) is 0 Å². The monoisotopic (exact) mass is 354 g/mol. The molecule has 0 aliphatic carbocycles. The average Bonchev–Trinajstić information content (AvgIpc) is 2.58. The number of hydrogen-bond acceptors (Lipinski definition) is 4. The Morgan fingerprint density at radius 1 is 0.920 bits per heavy atom. The zero-order valence-electron chi connectivity index (χ0n) is 16.6. The van der Waals surface area contributed by atoms with Crippen LogP contribution in [0.5, 0.6) is 0 Å². The average molecular weight is 355 g/mol. The van der Waals surface area contributed by atoms with E-state index in [0.29, 0.717) is 6.42 Å². The summed E-state index contributed by atoms with van der Waals surface area (Å²) in [4.78, 5) is 22.2. The van der Waals surface area contributed by atoms with Crippen molar-refractivity contribution in [2.45, 2.75) is 103 Å². The number of ether oxygens (including phenoxy) is 2. The number of hydrogen-bond donors (Lipinski definition) is 0. The molecule has 4 nitrogen and oxygen atoms in total. The molecule has 0 radical (unpaired) electrons. The van der Waals surface area contributed by atoms with Crippen LogP contribution < -0.4 is 0 Å². The predicted octanol–water partition coefficient (Wildman–Crippen LogP) is 5.74. The third-order valence-electron chi connectivity index (χ3n) is 4.24. The minimum absolute atomic E-state index is 0.0702. The lowest BCUT2D eigenvalue weighted by Gasteiger charge is -2.13. The lowest BCUT2D eigenvalue weighted by Crippen LogP contribution is -2.13. The molecule has 0 aromatic carbocycles. The van der Waals surface area contributed by atoms with E-state index in [2.05, 4.69) is 23.8 Å². The number of allylic oxidation sites excluding steroid dienone is 1. The van der Waals surface area contributed by atoms with Gasteiger partial charge in [0.15, 0.2) is 0 Å². The normalized spacial score (nSPS) is 12.3. The Bertz CT molecular complexity index is 363. The highest BCUT2D eigenvalue weighted by Gasteiger charge is 2.07.